The number of nitrogens with zero attached hydrogens (tertiary/aromatic N) is 1. The zero-order valence-corrected chi connectivity index (χ0v) is 26.3. The summed E-state index contributed by atoms with van der Waals surface area (Å²) in [5.41, 5.74) is 6.49. The van der Waals surface area contributed by atoms with E-state index in [1.807, 2.05) is 84.9 Å². The van der Waals surface area contributed by atoms with Crippen molar-refractivity contribution >= 4 is 66.7 Å². The number of rotatable bonds is 5. The van der Waals surface area contributed by atoms with Crippen molar-refractivity contribution in [3.63, 3.8) is 0 Å². The Kier molecular flexibility index (Phi) is 6.41. The third-order valence-corrected chi connectivity index (χ3v) is 12.2. The third-order valence-electron chi connectivity index (χ3n) is 9.16. The van der Waals surface area contributed by atoms with Crippen LogP contribution >= 0.6 is 7.14 Å². The summed E-state index contributed by atoms with van der Waals surface area (Å²) in [5, 5.41) is 7.95. The average molecular weight is 622 g/mol. The molecular weight excluding hydrogens is 593 g/mol. The van der Waals surface area contributed by atoms with Gasteiger partial charge < -0.3 is 8.98 Å². The highest BCUT2D eigenvalue weighted by Crippen LogP contribution is 2.44. The van der Waals surface area contributed by atoms with Gasteiger partial charge in [-0.1, -0.05) is 158 Å². The van der Waals surface area contributed by atoms with Crippen LogP contribution in [0.15, 0.2) is 174 Å². The predicted octanol–water partition coefficient (Wildman–Crippen LogP) is 10.3. The van der Waals surface area contributed by atoms with Crippen LogP contribution in [0.25, 0.3) is 66.0 Å². The third kappa shape index (κ3) is 4.43. The van der Waals surface area contributed by atoms with Gasteiger partial charge >= 0.3 is 0 Å². The molecule has 0 spiro atoms. The molecule has 0 fully saturated rings. The fraction of sp³-hybridized carbons (Fsp3) is 0. The molecule has 2 heterocycles. The first kappa shape index (κ1) is 27.5. The molecule has 0 atom stereocenters. The van der Waals surface area contributed by atoms with Gasteiger partial charge in [-0.05, 0) is 34.0 Å². The van der Waals surface area contributed by atoms with Gasteiger partial charge in [0.05, 0.1) is 5.52 Å². The van der Waals surface area contributed by atoms with E-state index in [1.54, 1.807) is 0 Å². The molecule has 0 saturated carbocycles. The molecular formula is C43H28NO2P. The normalized spacial score (nSPS) is 11.9. The topological polar surface area (TPSA) is 43.1 Å². The monoisotopic (exact) mass is 621 g/mol. The van der Waals surface area contributed by atoms with Crippen molar-refractivity contribution in [2.45, 2.75) is 0 Å². The molecule has 7 aromatic carbocycles. The highest BCUT2D eigenvalue weighted by Gasteiger charge is 2.29. The van der Waals surface area contributed by atoms with Gasteiger partial charge in [-0.3, -0.25) is 0 Å². The second-order valence-electron chi connectivity index (χ2n) is 11.8. The van der Waals surface area contributed by atoms with Gasteiger partial charge in [0.1, 0.15) is 11.3 Å². The smallest absolute Gasteiger partial charge is 0.171 e. The summed E-state index contributed by atoms with van der Waals surface area (Å²) in [5.74, 6) is 0. The van der Waals surface area contributed by atoms with Crippen LogP contribution in [0.3, 0.4) is 0 Å². The lowest BCUT2D eigenvalue weighted by Crippen LogP contribution is -2.24. The van der Waals surface area contributed by atoms with E-state index in [-0.39, 0.29) is 0 Å². The number of fused-ring (bicyclic) bond motifs is 6. The molecule has 9 aromatic rings. The number of para-hydroxylation sites is 1. The van der Waals surface area contributed by atoms with E-state index in [0.717, 1.165) is 81.9 Å². The largest absolute Gasteiger partial charge is 0.454 e. The lowest BCUT2D eigenvalue weighted by Gasteiger charge is -2.20. The Morgan fingerprint density at radius 2 is 1.09 bits per heavy atom. The van der Waals surface area contributed by atoms with Gasteiger partial charge in [0.2, 0.25) is 0 Å². The number of benzene rings is 7. The maximum absolute atomic E-state index is 14.9. The highest BCUT2D eigenvalue weighted by molar-refractivity contribution is 7.85. The van der Waals surface area contributed by atoms with Crippen LogP contribution in [0.1, 0.15) is 0 Å². The maximum atomic E-state index is 14.9. The molecule has 0 amide bonds. The number of hydrogen-bond donors (Lipinski definition) is 0. The Morgan fingerprint density at radius 3 is 1.83 bits per heavy atom. The lowest BCUT2D eigenvalue weighted by atomic mass is 9.97. The fourth-order valence-electron chi connectivity index (χ4n) is 6.87. The van der Waals surface area contributed by atoms with E-state index in [1.165, 1.54) is 0 Å². The van der Waals surface area contributed by atoms with Gasteiger partial charge in [-0.2, -0.15) is 0 Å². The van der Waals surface area contributed by atoms with Gasteiger partial charge in [0.25, 0.3) is 0 Å². The number of furan rings is 1. The standard InChI is InChI=1S/C43H28NO2P/c45-47(32-14-3-1-4-15-32,33-16-5-2-6-17-33)34-25-22-29(23-26-34)31-24-27-37-39(28-31)44-42(36-20-11-13-30-12-7-8-18-35(30)36)43-41(37)38-19-9-10-21-40(38)46-43/h1-28H. The summed E-state index contributed by atoms with van der Waals surface area (Å²) in [6.07, 6.45) is 0. The molecule has 4 heteroatoms. The summed E-state index contributed by atoms with van der Waals surface area (Å²) in [6, 6.07) is 57.2. The minimum absolute atomic E-state index is 0.796. The van der Waals surface area contributed by atoms with Crippen LogP contribution in [0.5, 0.6) is 0 Å². The first-order valence-corrected chi connectivity index (χ1v) is 17.4. The number of pyridine rings is 1. The van der Waals surface area contributed by atoms with Crippen molar-refractivity contribution in [2.75, 3.05) is 0 Å². The molecule has 0 bridgehead atoms. The van der Waals surface area contributed by atoms with Crippen LogP contribution in [-0.4, -0.2) is 4.98 Å². The first-order chi connectivity index (χ1) is 23.2. The summed E-state index contributed by atoms with van der Waals surface area (Å²) >= 11 is 0. The van der Waals surface area contributed by atoms with Crippen LogP contribution < -0.4 is 15.9 Å². The van der Waals surface area contributed by atoms with E-state index < -0.39 is 7.14 Å². The number of aromatic nitrogens is 1. The number of hydrogen-bond acceptors (Lipinski definition) is 3. The molecule has 0 aliphatic rings. The summed E-state index contributed by atoms with van der Waals surface area (Å²) < 4.78 is 21.4. The van der Waals surface area contributed by atoms with Crippen LogP contribution in [0.2, 0.25) is 0 Å². The Morgan fingerprint density at radius 1 is 0.489 bits per heavy atom. The highest BCUT2D eigenvalue weighted by atomic mass is 31.2. The molecule has 2 aromatic heterocycles. The van der Waals surface area contributed by atoms with Gasteiger partial charge in [-0.15, -0.1) is 0 Å². The Labute approximate surface area is 272 Å². The maximum Gasteiger partial charge on any atom is 0.171 e. The molecule has 3 nitrogen and oxygen atoms in total. The van der Waals surface area contributed by atoms with Crippen LogP contribution in [-0.2, 0) is 4.57 Å². The first-order valence-electron chi connectivity index (χ1n) is 15.7. The molecule has 0 saturated heterocycles. The summed E-state index contributed by atoms with van der Waals surface area (Å²) in [7, 11) is -3.05. The van der Waals surface area contributed by atoms with Crippen molar-refractivity contribution in [2.24, 2.45) is 0 Å². The van der Waals surface area contributed by atoms with Crippen molar-refractivity contribution in [1.82, 2.24) is 4.98 Å². The molecule has 0 unspecified atom stereocenters. The Hall–Kier alpha value is -5.76. The zero-order valence-electron chi connectivity index (χ0n) is 25.4. The Balaban J connectivity index is 1.22. The van der Waals surface area contributed by atoms with Crippen molar-refractivity contribution < 1.29 is 8.98 Å². The lowest BCUT2D eigenvalue weighted by molar-refractivity contribution is 0.592. The fourth-order valence-corrected chi connectivity index (χ4v) is 9.51. The minimum atomic E-state index is -3.05. The minimum Gasteiger partial charge on any atom is -0.454 e. The van der Waals surface area contributed by atoms with Crippen LogP contribution in [0.4, 0.5) is 0 Å². The predicted molar refractivity (Wildman–Crippen MR) is 197 cm³/mol. The molecule has 9 rings (SSSR count). The molecule has 0 radical (unpaired) electrons. The second-order valence-corrected chi connectivity index (χ2v) is 14.6. The van der Waals surface area contributed by atoms with Gasteiger partial charge in [0.15, 0.2) is 12.7 Å². The SMILES string of the molecule is O=P(c1ccccc1)(c1ccccc1)c1ccc(-c2ccc3c(c2)nc(-c2cccc4ccccc24)c2oc4ccccc4c23)cc1. The van der Waals surface area contributed by atoms with Crippen molar-refractivity contribution in [3.05, 3.63) is 170 Å². The van der Waals surface area contributed by atoms with Gasteiger partial charge in [0, 0.05) is 37.6 Å². The average Bonchev–Trinajstić information content (AvgIpc) is 3.55. The summed E-state index contributed by atoms with van der Waals surface area (Å²) in [6.45, 7) is 0. The molecule has 222 valence electrons. The van der Waals surface area contributed by atoms with Gasteiger partial charge in [-0.25, -0.2) is 4.98 Å². The molecule has 0 aliphatic heterocycles. The quantitative estimate of drug-likeness (QED) is 0.180. The zero-order chi connectivity index (χ0) is 31.4. The molecule has 0 aliphatic carbocycles. The van der Waals surface area contributed by atoms with E-state index in [0.29, 0.717) is 0 Å². The van der Waals surface area contributed by atoms with E-state index >= 15 is 0 Å². The molecule has 0 N–H and O–H groups in total. The summed E-state index contributed by atoms with van der Waals surface area (Å²) in [4.78, 5) is 5.30. The van der Waals surface area contributed by atoms with E-state index in [9.17, 15) is 4.57 Å². The van der Waals surface area contributed by atoms with E-state index in [2.05, 4.69) is 84.9 Å². The van der Waals surface area contributed by atoms with Crippen LogP contribution in [0, 0.1) is 0 Å². The van der Waals surface area contributed by atoms with E-state index in [4.69, 9.17) is 9.40 Å². The molecule has 47 heavy (non-hydrogen) atoms. The second kappa shape index (κ2) is 10.9. The van der Waals surface area contributed by atoms with Crippen molar-refractivity contribution in [3.8, 4) is 22.4 Å². The Bertz CT molecular complexity index is 2590. The van der Waals surface area contributed by atoms with Crippen molar-refractivity contribution in [1.29, 1.82) is 0 Å².